The molecule has 1 aromatic heterocycles. The molecular weight excluding hydrogens is 288 g/mol. The van der Waals surface area contributed by atoms with Gasteiger partial charge in [-0.2, -0.15) is 0 Å². The first-order valence-corrected chi connectivity index (χ1v) is 7.13. The number of amides is 1. The summed E-state index contributed by atoms with van der Waals surface area (Å²) in [7, 11) is 0. The Hall–Kier alpha value is -2.47. The van der Waals surface area contributed by atoms with Gasteiger partial charge in [0.15, 0.2) is 0 Å². The Kier molecular flexibility index (Phi) is 4.84. The summed E-state index contributed by atoms with van der Waals surface area (Å²) in [5, 5.41) is 14.4. The van der Waals surface area contributed by atoms with Crippen molar-refractivity contribution in [2.45, 2.75) is 13.5 Å². The molecule has 21 heavy (non-hydrogen) atoms. The van der Waals surface area contributed by atoms with Gasteiger partial charge in [0.1, 0.15) is 0 Å². The first-order chi connectivity index (χ1) is 10.0. The zero-order chi connectivity index (χ0) is 15.2. The van der Waals surface area contributed by atoms with E-state index in [1.54, 1.807) is 18.2 Å². The van der Waals surface area contributed by atoms with Crippen LogP contribution in [0.3, 0.4) is 0 Å². The summed E-state index contributed by atoms with van der Waals surface area (Å²) >= 11 is 1.52. The molecule has 0 aliphatic carbocycles. The molecule has 6 heteroatoms. The van der Waals surface area contributed by atoms with Crippen LogP contribution in [0, 0.1) is 6.92 Å². The van der Waals surface area contributed by atoms with Crippen molar-refractivity contribution < 1.29 is 14.7 Å². The van der Waals surface area contributed by atoms with Gasteiger partial charge in [0.2, 0.25) is 5.91 Å². The van der Waals surface area contributed by atoms with Crippen molar-refractivity contribution in [3.63, 3.8) is 0 Å². The van der Waals surface area contributed by atoms with Crippen molar-refractivity contribution in [3.05, 3.63) is 57.6 Å². The molecule has 2 aromatic rings. The second-order valence-electron chi connectivity index (χ2n) is 4.35. The highest BCUT2D eigenvalue weighted by atomic mass is 32.1. The van der Waals surface area contributed by atoms with Crippen molar-refractivity contribution in [1.29, 1.82) is 0 Å². The summed E-state index contributed by atoms with van der Waals surface area (Å²) < 4.78 is 0. The van der Waals surface area contributed by atoms with Crippen LogP contribution >= 0.6 is 11.3 Å². The molecule has 0 saturated heterocycles. The summed E-state index contributed by atoms with van der Waals surface area (Å²) in [4.78, 5) is 26.7. The molecule has 0 unspecified atom stereocenters. The maximum atomic E-state index is 11.7. The Bertz CT molecular complexity index is 692. The van der Waals surface area contributed by atoms with E-state index in [1.165, 1.54) is 29.5 Å². The van der Waals surface area contributed by atoms with Crippen LogP contribution in [-0.4, -0.2) is 22.0 Å². The molecule has 5 nitrogen and oxygen atoms in total. The van der Waals surface area contributed by atoms with Crippen molar-refractivity contribution in [2.75, 3.05) is 0 Å². The van der Waals surface area contributed by atoms with Crippen LogP contribution in [0.5, 0.6) is 0 Å². The Morgan fingerprint density at radius 1 is 1.43 bits per heavy atom. The molecule has 1 amide bonds. The third-order valence-corrected chi connectivity index (χ3v) is 3.47. The van der Waals surface area contributed by atoms with Crippen LogP contribution in [0.4, 0.5) is 0 Å². The van der Waals surface area contributed by atoms with E-state index >= 15 is 0 Å². The number of carbonyl (C=O) groups excluding carboxylic acids is 1. The molecule has 0 aliphatic heterocycles. The highest BCUT2D eigenvalue weighted by Crippen LogP contribution is 2.09. The summed E-state index contributed by atoms with van der Waals surface area (Å²) in [5.41, 5.74) is 1.69. The van der Waals surface area contributed by atoms with Crippen molar-refractivity contribution in [1.82, 2.24) is 10.3 Å². The smallest absolute Gasteiger partial charge is 0.335 e. The lowest BCUT2D eigenvalue weighted by molar-refractivity contribution is -0.116. The highest BCUT2D eigenvalue weighted by Gasteiger charge is 2.04. The maximum Gasteiger partial charge on any atom is 0.335 e. The third kappa shape index (κ3) is 4.54. The first kappa shape index (κ1) is 14.9. The predicted molar refractivity (Wildman–Crippen MR) is 81.1 cm³/mol. The maximum absolute atomic E-state index is 11.7. The number of aromatic carboxylic acids is 1. The quantitative estimate of drug-likeness (QED) is 0.832. The van der Waals surface area contributed by atoms with Gasteiger partial charge in [-0.3, -0.25) is 4.79 Å². The fourth-order valence-corrected chi connectivity index (χ4v) is 2.26. The summed E-state index contributed by atoms with van der Waals surface area (Å²) in [6, 6.07) is 6.47. The van der Waals surface area contributed by atoms with E-state index in [1.807, 2.05) is 12.3 Å². The number of carbonyl (C=O) groups is 2. The second-order valence-corrected chi connectivity index (χ2v) is 5.41. The van der Waals surface area contributed by atoms with Gasteiger partial charge in [0.25, 0.3) is 0 Å². The van der Waals surface area contributed by atoms with Gasteiger partial charge < -0.3 is 10.4 Å². The molecule has 0 aliphatic rings. The van der Waals surface area contributed by atoms with Crippen LogP contribution in [-0.2, 0) is 11.3 Å². The van der Waals surface area contributed by atoms with Gasteiger partial charge in [-0.25, -0.2) is 9.78 Å². The molecule has 1 aromatic carbocycles. The number of aromatic nitrogens is 1. The van der Waals surface area contributed by atoms with Crippen molar-refractivity contribution >= 4 is 29.3 Å². The molecule has 2 rings (SSSR count). The molecule has 2 N–H and O–H groups in total. The van der Waals surface area contributed by atoms with Gasteiger partial charge in [-0.1, -0.05) is 12.1 Å². The topological polar surface area (TPSA) is 79.3 Å². The van der Waals surface area contributed by atoms with E-state index in [2.05, 4.69) is 10.3 Å². The lowest BCUT2D eigenvalue weighted by Gasteiger charge is -2.03. The zero-order valence-electron chi connectivity index (χ0n) is 11.4. The molecule has 0 atom stereocenters. The van der Waals surface area contributed by atoms with E-state index in [-0.39, 0.29) is 18.0 Å². The minimum Gasteiger partial charge on any atom is -0.478 e. The fourth-order valence-electron chi connectivity index (χ4n) is 1.68. The average molecular weight is 302 g/mol. The zero-order valence-corrected chi connectivity index (χ0v) is 12.2. The van der Waals surface area contributed by atoms with Crippen LogP contribution in [0.15, 0.2) is 35.7 Å². The second kappa shape index (κ2) is 6.81. The van der Waals surface area contributed by atoms with E-state index < -0.39 is 5.97 Å². The third-order valence-electron chi connectivity index (χ3n) is 2.68. The average Bonchev–Trinajstić information content (AvgIpc) is 2.89. The lowest BCUT2D eigenvalue weighted by Crippen LogP contribution is -2.20. The van der Waals surface area contributed by atoms with Crippen molar-refractivity contribution in [2.24, 2.45) is 0 Å². The molecule has 108 valence electrons. The van der Waals surface area contributed by atoms with Crippen LogP contribution in [0.1, 0.15) is 26.6 Å². The van der Waals surface area contributed by atoms with E-state index in [0.29, 0.717) is 0 Å². The monoisotopic (exact) mass is 302 g/mol. The predicted octanol–water partition coefficient (Wildman–Crippen LogP) is 2.48. The largest absolute Gasteiger partial charge is 0.478 e. The molecule has 0 saturated carbocycles. The number of carboxylic acids is 1. The summed E-state index contributed by atoms with van der Waals surface area (Å²) in [6.45, 7) is 2.18. The van der Waals surface area contributed by atoms with Crippen LogP contribution < -0.4 is 5.32 Å². The Balaban J connectivity index is 1.90. The molecule has 0 bridgehead atoms. The number of nitrogens with one attached hydrogen (secondary N) is 1. The normalized spacial score (nSPS) is 10.7. The molecular formula is C15H14N2O3S. The number of benzene rings is 1. The highest BCUT2D eigenvalue weighted by molar-refractivity contribution is 7.09. The Labute approximate surface area is 126 Å². The Morgan fingerprint density at radius 2 is 2.24 bits per heavy atom. The first-order valence-electron chi connectivity index (χ1n) is 6.25. The number of hydrogen-bond donors (Lipinski definition) is 2. The van der Waals surface area contributed by atoms with Crippen LogP contribution in [0.2, 0.25) is 0 Å². The number of thiazole rings is 1. The van der Waals surface area contributed by atoms with Gasteiger partial charge in [-0.15, -0.1) is 11.3 Å². The summed E-state index contributed by atoms with van der Waals surface area (Å²) in [5.74, 6) is -1.23. The molecule has 0 radical (unpaired) electrons. The number of aryl methyl sites for hydroxylation is 1. The molecule has 1 heterocycles. The van der Waals surface area contributed by atoms with Gasteiger partial charge in [-0.05, 0) is 30.7 Å². The van der Waals surface area contributed by atoms with Gasteiger partial charge in [0.05, 0.1) is 16.3 Å². The fraction of sp³-hybridized carbons (Fsp3) is 0.133. The minimum atomic E-state index is -0.984. The SMILES string of the molecule is Cc1nc(/C=C/C(=O)NCc2cccc(C(=O)O)c2)cs1. The van der Waals surface area contributed by atoms with Crippen LogP contribution in [0.25, 0.3) is 6.08 Å². The molecule has 0 fully saturated rings. The number of carboxylic acid groups (broad SMARTS) is 1. The number of rotatable bonds is 5. The number of nitrogens with zero attached hydrogens (tertiary/aromatic N) is 1. The standard InChI is InChI=1S/C15H14N2O3S/c1-10-17-13(9-21-10)5-6-14(18)16-8-11-3-2-4-12(7-11)15(19)20/h2-7,9H,8H2,1H3,(H,16,18)(H,19,20)/b6-5+. The Morgan fingerprint density at radius 3 is 2.90 bits per heavy atom. The van der Waals surface area contributed by atoms with Gasteiger partial charge in [0, 0.05) is 18.0 Å². The lowest BCUT2D eigenvalue weighted by atomic mass is 10.1. The van der Waals surface area contributed by atoms with E-state index in [0.717, 1.165) is 16.3 Å². The number of hydrogen-bond acceptors (Lipinski definition) is 4. The minimum absolute atomic E-state index is 0.204. The van der Waals surface area contributed by atoms with Crippen molar-refractivity contribution in [3.8, 4) is 0 Å². The molecule has 0 spiro atoms. The van der Waals surface area contributed by atoms with Gasteiger partial charge >= 0.3 is 5.97 Å². The summed E-state index contributed by atoms with van der Waals surface area (Å²) in [6.07, 6.45) is 3.06. The van der Waals surface area contributed by atoms with E-state index in [4.69, 9.17) is 5.11 Å². The van der Waals surface area contributed by atoms with E-state index in [9.17, 15) is 9.59 Å².